The molecular formula is C42H36ClN5O8S. The minimum Gasteiger partial charge on any atom is -0.504 e. The molecule has 0 bridgehead atoms. The molecule has 2 aliphatic heterocycles. The summed E-state index contributed by atoms with van der Waals surface area (Å²) in [5, 5.41) is 29.5. The van der Waals surface area contributed by atoms with E-state index in [4.69, 9.17) is 21.4 Å². The van der Waals surface area contributed by atoms with E-state index in [1.54, 1.807) is 45.2 Å². The molecule has 13 nitrogen and oxygen atoms in total. The van der Waals surface area contributed by atoms with Crippen molar-refractivity contribution in [2.24, 2.45) is 36.1 Å². The Balaban J connectivity index is 1.15. The van der Waals surface area contributed by atoms with E-state index in [0.29, 0.717) is 21.9 Å². The molecule has 0 spiro atoms. The fourth-order valence-electron chi connectivity index (χ4n) is 9.82. The van der Waals surface area contributed by atoms with Gasteiger partial charge in [-0.05, 0) is 86.9 Å². The van der Waals surface area contributed by atoms with Crippen LogP contribution < -0.4 is 14.5 Å². The predicted molar refractivity (Wildman–Crippen MR) is 213 cm³/mol. The van der Waals surface area contributed by atoms with Crippen LogP contribution in [0.15, 0.2) is 78.4 Å². The van der Waals surface area contributed by atoms with Crippen molar-refractivity contribution in [1.29, 1.82) is 0 Å². The van der Waals surface area contributed by atoms with E-state index in [1.807, 2.05) is 31.2 Å². The normalized spacial score (nSPS) is 25.5. The fraction of sp³-hybridized carbons (Fsp3) is 0.310. The predicted octanol–water partition coefficient (Wildman–Crippen LogP) is 7.71. The van der Waals surface area contributed by atoms with Gasteiger partial charge in [-0.25, -0.2) is 4.90 Å². The van der Waals surface area contributed by atoms with Gasteiger partial charge in [0.15, 0.2) is 11.5 Å². The summed E-state index contributed by atoms with van der Waals surface area (Å²) in [6.45, 7) is 5.79. The summed E-state index contributed by atoms with van der Waals surface area (Å²) in [4.78, 5) is 72.5. The van der Waals surface area contributed by atoms with Gasteiger partial charge in [0.1, 0.15) is 11.5 Å². The first kappa shape index (κ1) is 36.8. The molecule has 2 saturated heterocycles. The number of ether oxygens (including phenoxy) is 1. The molecule has 290 valence electrons. The lowest BCUT2D eigenvalue weighted by molar-refractivity contribution is -0.384. The quantitative estimate of drug-likeness (QED) is 0.0751. The number of phenols is 1. The van der Waals surface area contributed by atoms with Crippen molar-refractivity contribution in [1.82, 2.24) is 9.78 Å². The van der Waals surface area contributed by atoms with Gasteiger partial charge in [-0.2, -0.15) is 5.10 Å². The molecule has 4 aliphatic rings. The van der Waals surface area contributed by atoms with Gasteiger partial charge >= 0.3 is 0 Å². The molecule has 0 radical (unpaired) electrons. The number of fused-ring (bicyclic) bond motifs is 5. The number of anilines is 2. The number of aryl methyl sites for hydroxylation is 2. The summed E-state index contributed by atoms with van der Waals surface area (Å²) in [5.74, 6) is -5.62. The summed E-state index contributed by atoms with van der Waals surface area (Å²) < 4.78 is 8.31. The van der Waals surface area contributed by atoms with Gasteiger partial charge in [0.05, 0.1) is 45.3 Å². The zero-order valence-corrected chi connectivity index (χ0v) is 32.8. The van der Waals surface area contributed by atoms with Crippen LogP contribution >= 0.6 is 22.9 Å². The molecule has 0 unspecified atom stereocenters. The number of benzene rings is 3. The van der Waals surface area contributed by atoms with Gasteiger partial charge < -0.3 is 9.84 Å². The van der Waals surface area contributed by atoms with E-state index in [1.165, 1.54) is 45.2 Å². The molecule has 4 amide bonds. The van der Waals surface area contributed by atoms with Crippen molar-refractivity contribution in [2.75, 3.05) is 16.4 Å². The molecule has 15 heteroatoms. The SMILES string of the molecule is CCOc1cccc([C@H]2C3=CC[C@@H]4C(=O)N(c5ccc([N+](=O)[O-])cc5)C(=O)[C@@H]4[C@@H]3C[C@H]3C(=O)N(c4cc(-c5sc6ccc(Cl)cc6c5C)nn4C)C(=O)[C@@]23C)c1O. The highest BCUT2D eigenvalue weighted by Crippen LogP contribution is 2.65. The largest absolute Gasteiger partial charge is 0.504 e. The van der Waals surface area contributed by atoms with Crippen LogP contribution in [0.25, 0.3) is 20.7 Å². The van der Waals surface area contributed by atoms with Gasteiger partial charge in [-0.1, -0.05) is 35.4 Å². The molecule has 2 aliphatic carbocycles. The number of hydrogen-bond donors (Lipinski definition) is 1. The van der Waals surface area contributed by atoms with Crippen LogP contribution in [0.3, 0.4) is 0 Å². The molecule has 5 aromatic rings. The number of halogens is 1. The number of nitro benzene ring substituents is 1. The number of aromatic nitrogens is 2. The maximum Gasteiger partial charge on any atom is 0.269 e. The third-order valence-corrected chi connectivity index (χ3v) is 14.0. The molecule has 2 aromatic heterocycles. The number of rotatable bonds is 7. The molecule has 57 heavy (non-hydrogen) atoms. The highest BCUT2D eigenvalue weighted by Gasteiger charge is 2.68. The second kappa shape index (κ2) is 13.1. The van der Waals surface area contributed by atoms with Crippen LogP contribution in [-0.2, 0) is 26.2 Å². The van der Waals surface area contributed by atoms with E-state index in [2.05, 4.69) is 0 Å². The smallest absolute Gasteiger partial charge is 0.269 e. The number of thiophene rings is 1. The highest BCUT2D eigenvalue weighted by molar-refractivity contribution is 7.22. The molecule has 1 N–H and O–H groups in total. The maximum atomic E-state index is 15.2. The highest BCUT2D eigenvalue weighted by atomic mass is 35.5. The number of non-ortho nitro benzene ring substituents is 1. The third-order valence-electron chi connectivity index (χ3n) is 12.4. The Morgan fingerprint density at radius 1 is 1.02 bits per heavy atom. The van der Waals surface area contributed by atoms with Crippen LogP contribution in [0, 0.1) is 46.1 Å². The van der Waals surface area contributed by atoms with Gasteiger partial charge in [-0.3, -0.25) is 38.9 Å². The first-order chi connectivity index (χ1) is 27.3. The van der Waals surface area contributed by atoms with Crippen LogP contribution in [-0.4, -0.2) is 50.0 Å². The number of allylic oxidation sites excluding steroid dienone is 2. The lowest BCUT2D eigenvalue weighted by atomic mass is 9.51. The lowest BCUT2D eigenvalue weighted by Crippen LogP contribution is -2.49. The molecule has 6 atom stereocenters. The zero-order valence-electron chi connectivity index (χ0n) is 31.3. The number of carbonyl (C=O) groups excluding carboxylic acids is 4. The Labute approximate surface area is 335 Å². The number of nitrogens with zero attached hydrogens (tertiary/aromatic N) is 5. The van der Waals surface area contributed by atoms with Crippen molar-refractivity contribution in [3.63, 3.8) is 0 Å². The molecular weight excluding hydrogens is 770 g/mol. The van der Waals surface area contributed by atoms with Crippen molar-refractivity contribution in [2.45, 2.75) is 39.5 Å². The van der Waals surface area contributed by atoms with E-state index in [-0.39, 0.29) is 48.1 Å². The van der Waals surface area contributed by atoms with Crippen molar-refractivity contribution < 1.29 is 33.9 Å². The van der Waals surface area contributed by atoms with Crippen molar-refractivity contribution in [3.05, 3.63) is 105 Å². The number of aromatic hydroxyl groups is 1. The minimum absolute atomic E-state index is 0.0982. The average molecular weight is 806 g/mol. The number of para-hydroxylation sites is 1. The molecule has 1 saturated carbocycles. The van der Waals surface area contributed by atoms with Gasteiger partial charge in [0.2, 0.25) is 23.6 Å². The van der Waals surface area contributed by atoms with E-state index in [0.717, 1.165) is 25.4 Å². The standard InChI is InChI=1S/C42H36ClN5O8S/c1-5-56-31-8-6-7-26(36(31)49)35-24-14-15-25-34(40(52)46(38(25)50)22-10-12-23(13-11-22)48(54)55)28(24)18-29-39(51)47(41(53)42(29,35)3)33-19-30(44-45(33)4)37-20(2)27-17-21(43)9-16-32(27)57-37/h6-14,16-17,19,25,28-29,34-35,49H,5,15,18H2,1-4H3/t25-,28+,29-,34-,35+,42+/m0/s1. The van der Waals surface area contributed by atoms with Gasteiger partial charge in [0, 0.05) is 46.5 Å². The van der Waals surface area contributed by atoms with Crippen LogP contribution in [0.1, 0.15) is 43.7 Å². The summed E-state index contributed by atoms with van der Waals surface area (Å²) in [6, 6.07) is 17.7. The third kappa shape index (κ3) is 5.22. The number of hydrogen-bond acceptors (Lipinski definition) is 10. The number of imide groups is 2. The van der Waals surface area contributed by atoms with Gasteiger partial charge in [0.25, 0.3) is 5.69 Å². The van der Waals surface area contributed by atoms with E-state index < -0.39 is 63.6 Å². The lowest BCUT2D eigenvalue weighted by Gasteiger charge is -2.49. The van der Waals surface area contributed by atoms with Crippen molar-refractivity contribution in [3.8, 4) is 22.1 Å². The molecule has 4 heterocycles. The minimum atomic E-state index is -1.42. The Hall–Kier alpha value is -5.86. The summed E-state index contributed by atoms with van der Waals surface area (Å²) in [6.07, 6.45) is 2.18. The number of amides is 4. The van der Waals surface area contributed by atoms with Crippen LogP contribution in [0.5, 0.6) is 11.5 Å². The Morgan fingerprint density at radius 2 is 1.77 bits per heavy atom. The Bertz CT molecular complexity index is 2630. The number of nitro groups is 1. The van der Waals surface area contributed by atoms with Gasteiger partial charge in [-0.15, -0.1) is 11.3 Å². The monoisotopic (exact) mass is 805 g/mol. The second-order valence-corrected chi connectivity index (χ2v) is 16.8. The first-order valence-electron chi connectivity index (χ1n) is 18.6. The molecule has 3 aromatic carbocycles. The van der Waals surface area contributed by atoms with Crippen LogP contribution in [0.2, 0.25) is 5.02 Å². The Kier molecular flexibility index (Phi) is 8.45. The number of phenolic OH excluding ortho intramolecular Hbond substituents is 1. The average Bonchev–Trinajstić information content (AvgIpc) is 3.86. The summed E-state index contributed by atoms with van der Waals surface area (Å²) in [7, 11) is 1.68. The van der Waals surface area contributed by atoms with E-state index >= 15 is 4.79 Å². The van der Waals surface area contributed by atoms with Crippen molar-refractivity contribution >= 4 is 73.8 Å². The second-order valence-electron chi connectivity index (χ2n) is 15.3. The zero-order chi connectivity index (χ0) is 40.2. The fourth-order valence-corrected chi connectivity index (χ4v) is 11.1. The van der Waals surface area contributed by atoms with E-state index in [9.17, 15) is 29.6 Å². The topological polar surface area (TPSA) is 165 Å². The Morgan fingerprint density at radius 3 is 2.49 bits per heavy atom. The van der Waals surface area contributed by atoms with Crippen LogP contribution in [0.4, 0.5) is 17.2 Å². The summed E-state index contributed by atoms with van der Waals surface area (Å²) >= 11 is 7.85. The summed E-state index contributed by atoms with van der Waals surface area (Å²) in [5.41, 5.74) is 1.23. The number of carbonyl (C=O) groups is 4. The maximum absolute atomic E-state index is 15.2. The molecule has 3 fully saturated rings. The first-order valence-corrected chi connectivity index (χ1v) is 19.8. The molecule has 9 rings (SSSR count).